The summed E-state index contributed by atoms with van der Waals surface area (Å²) >= 11 is 0. The Labute approximate surface area is 120 Å². The molecule has 0 aromatic heterocycles. The second-order valence-corrected chi connectivity index (χ2v) is 5.70. The van der Waals surface area contributed by atoms with Crippen LogP contribution in [0.25, 0.3) is 0 Å². The van der Waals surface area contributed by atoms with Crippen LogP contribution in [-0.4, -0.2) is 81.2 Å². The maximum Gasteiger partial charge on any atom is 0.181 e. The van der Waals surface area contributed by atoms with Gasteiger partial charge in [-0.2, -0.15) is 0 Å². The van der Waals surface area contributed by atoms with Gasteiger partial charge in [-0.05, 0) is 19.9 Å². The Hall–Kier alpha value is -0.240. The van der Waals surface area contributed by atoms with Crippen LogP contribution in [-0.2, 0) is 18.9 Å². The number of rotatable bonds is 7. The van der Waals surface area contributed by atoms with E-state index in [0.29, 0.717) is 33.0 Å². The van der Waals surface area contributed by atoms with E-state index in [9.17, 15) is 5.11 Å². The molecule has 118 valence electrons. The minimum absolute atomic E-state index is 0.00356. The molecule has 2 atom stereocenters. The number of nitrogens with zero attached hydrogens (tertiary/aromatic N) is 1. The summed E-state index contributed by atoms with van der Waals surface area (Å²) in [7, 11) is 1.64. The maximum atomic E-state index is 10.1. The van der Waals surface area contributed by atoms with Gasteiger partial charge in [0.15, 0.2) is 5.79 Å². The van der Waals surface area contributed by atoms with Crippen LogP contribution in [0.2, 0.25) is 0 Å². The summed E-state index contributed by atoms with van der Waals surface area (Å²) in [6.07, 6.45) is 1.49. The first-order chi connectivity index (χ1) is 9.63. The third kappa shape index (κ3) is 4.65. The van der Waals surface area contributed by atoms with Crippen molar-refractivity contribution in [2.24, 2.45) is 0 Å². The highest BCUT2D eigenvalue weighted by atomic mass is 16.7. The number of likely N-dealkylation sites (tertiary alicyclic amines) is 1. The molecule has 0 bridgehead atoms. The van der Waals surface area contributed by atoms with Crippen LogP contribution in [0, 0.1) is 0 Å². The van der Waals surface area contributed by atoms with Crippen molar-refractivity contribution in [2.75, 3.05) is 53.2 Å². The Bertz CT molecular complexity index is 283. The molecule has 2 aliphatic heterocycles. The van der Waals surface area contributed by atoms with Crippen LogP contribution < -0.4 is 0 Å². The Morgan fingerprint density at radius 3 is 2.75 bits per heavy atom. The highest BCUT2D eigenvalue weighted by molar-refractivity contribution is 4.84. The number of hydrogen-bond acceptors (Lipinski definition) is 6. The van der Waals surface area contributed by atoms with Crippen molar-refractivity contribution in [1.82, 2.24) is 4.90 Å². The third-order valence-electron chi connectivity index (χ3n) is 3.75. The van der Waals surface area contributed by atoms with E-state index in [1.165, 1.54) is 0 Å². The molecule has 1 spiro atoms. The quantitative estimate of drug-likeness (QED) is 0.724. The van der Waals surface area contributed by atoms with Crippen molar-refractivity contribution in [3.63, 3.8) is 0 Å². The summed E-state index contributed by atoms with van der Waals surface area (Å²) < 4.78 is 22.0. The summed E-state index contributed by atoms with van der Waals surface area (Å²) in [6, 6.07) is 0. The van der Waals surface area contributed by atoms with E-state index >= 15 is 0 Å². The molecule has 2 rings (SSSR count). The molecule has 2 fully saturated rings. The molecule has 6 heteroatoms. The number of ether oxygens (including phenoxy) is 4. The number of aliphatic hydroxyl groups excluding tert-OH is 1. The molecule has 1 N–H and O–H groups in total. The Morgan fingerprint density at radius 2 is 2.05 bits per heavy atom. The molecule has 0 aromatic carbocycles. The summed E-state index contributed by atoms with van der Waals surface area (Å²) in [5, 5.41) is 10.1. The lowest BCUT2D eigenvalue weighted by Crippen LogP contribution is -2.51. The van der Waals surface area contributed by atoms with Gasteiger partial charge in [0.05, 0.1) is 45.2 Å². The lowest BCUT2D eigenvalue weighted by atomic mass is 10.0. The summed E-state index contributed by atoms with van der Waals surface area (Å²) in [4.78, 5) is 2.20. The average molecular weight is 289 g/mol. The highest BCUT2D eigenvalue weighted by Gasteiger charge is 2.40. The van der Waals surface area contributed by atoms with Crippen LogP contribution in [0.15, 0.2) is 0 Å². The van der Waals surface area contributed by atoms with E-state index in [0.717, 1.165) is 25.9 Å². The summed E-state index contributed by atoms with van der Waals surface area (Å²) in [6.45, 7) is 6.45. The normalized spacial score (nSPS) is 25.9. The van der Waals surface area contributed by atoms with Crippen molar-refractivity contribution >= 4 is 0 Å². The predicted octanol–water partition coefficient (Wildman–Crippen LogP) is 0.238. The SMILES string of the molecule is COCC(C)OCC(O)CN1CCCC2(C1)OCCO2. The molecule has 0 amide bonds. The van der Waals surface area contributed by atoms with Crippen molar-refractivity contribution in [1.29, 1.82) is 0 Å². The molecule has 20 heavy (non-hydrogen) atoms. The first-order valence-electron chi connectivity index (χ1n) is 7.42. The van der Waals surface area contributed by atoms with Crippen LogP contribution in [0.5, 0.6) is 0 Å². The smallest absolute Gasteiger partial charge is 0.181 e. The molecule has 0 saturated carbocycles. The number of piperidine rings is 1. The zero-order valence-electron chi connectivity index (χ0n) is 12.5. The van der Waals surface area contributed by atoms with Gasteiger partial charge in [0.1, 0.15) is 0 Å². The molecule has 0 radical (unpaired) electrons. The number of hydrogen-bond donors (Lipinski definition) is 1. The fourth-order valence-corrected chi connectivity index (χ4v) is 2.87. The Balaban J connectivity index is 1.69. The van der Waals surface area contributed by atoms with Gasteiger partial charge in [-0.1, -0.05) is 0 Å². The first-order valence-corrected chi connectivity index (χ1v) is 7.42. The molecular weight excluding hydrogens is 262 g/mol. The van der Waals surface area contributed by atoms with E-state index < -0.39 is 11.9 Å². The van der Waals surface area contributed by atoms with Crippen molar-refractivity contribution in [2.45, 2.75) is 37.8 Å². The molecular formula is C14H27NO5. The van der Waals surface area contributed by atoms with E-state index in [1.54, 1.807) is 7.11 Å². The largest absolute Gasteiger partial charge is 0.389 e. The first kappa shape index (κ1) is 16.1. The van der Waals surface area contributed by atoms with Gasteiger partial charge in [-0.3, -0.25) is 4.90 Å². The van der Waals surface area contributed by atoms with E-state index in [4.69, 9.17) is 18.9 Å². The highest BCUT2D eigenvalue weighted by Crippen LogP contribution is 2.29. The van der Waals surface area contributed by atoms with Gasteiger partial charge in [0.25, 0.3) is 0 Å². The molecule has 2 saturated heterocycles. The van der Waals surface area contributed by atoms with Crippen LogP contribution >= 0.6 is 0 Å². The van der Waals surface area contributed by atoms with Crippen LogP contribution in [0.3, 0.4) is 0 Å². The summed E-state index contributed by atoms with van der Waals surface area (Å²) in [5.41, 5.74) is 0. The van der Waals surface area contributed by atoms with Crippen molar-refractivity contribution in [3.05, 3.63) is 0 Å². The van der Waals surface area contributed by atoms with E-state index in [-0.39, 0.29) is 6.10 Å². The maximum absolute atomic E-state index is 10.1. The van der Waals surface area contributed by atoms with Crippen LogP contribution in [0.1, 0.15) is 19.8 Å². The number of β-amino-alcohol motifs (C(OH)–C–C–N with tert-alkyl or cyclic N) is 1. The number of aliphatic hydroxyl groups is 1. The lowest BCUT2D eigenvalue weighted by molar-refractivity contribution is -0.192. The van der Waals surface area contributed by atoms with Crippen molar-refractivity contribution in [3.8, 4) is 0 Å². The summed E-state index contributed by atoms with van der Waals surface area (Å²) in [5.74, 6) is -0.428. The van der Waals surface area contributed by atoms with Gasteiger partial charge in [0, 0.05) is 20.1 Å². The monoisotopic (exact) mass is 289 g/mol. The Kier molecular flexibility index (Phi) is 6.20. The standard InChI is InChI=1S/C14H27NO5/c1-12(9-17-2)18-10-13(16)8-15-5-3-4-14(11-15)19-6-7-20-14/h12-13,16H,3-11H2,1-2H3. The average Bonchev–Trinajstić information content (AvgIpc) is 2.85. The fraction of sp³-hybridized carbons (Fsp3) is 1.00. The second kappa shape index (κ2) is 7.68. The molecule has 0 aromatic rings. The zero-order valence-corrected chi connectivity index (χ0v) is 12.5. The third-order valence-corrected chi connectivity index (χ3v) is 3.75. The topological polar surface area (TPSA) is 60.4 Å². The minimum atomic E-state index is -0.495. The molecule has 6 nitrogen and oxygen atoms in total. The fourth-order valence-electron chi connectivity index (χ4n) is 2.87. The molecule has 2 heterocycles. The van der Waals surface area contributed by atoms with Crippen LogP contribution in [0.4, 0.5) is 0 Å². The van der Waals surface area contributed by atoms with Gasteiger partial charge >= 0.3 is 0 Å². The van der Waals surface area contributed by atoms with E-state index in [1.807, 2.05) is 6.92 Å². The number of methoxy groups -OCH3 is 1. The molecule has 0 aliphatic carbocycles. The van der Waals surface area contributed by atoms with Gasteiger partial charge in [0.2, 0.25) is 0 Å². The molecule has 2 aliphatic rings. The zero-order chi connectivity index (χ0) is 14.4. The predicted molar refractivity (Wildman–Crippen MR) is 73.6 cm³/mol. The Morgan fingerprint density at radius 1 is 1.30 bits per heavy atom. The van der Waals surface area contributed by atoms with Crippen molar-refractivity contribution < 1.29 is 24.1 Å². The van der Waals surface area contributed by atoms with Gasteiger partial charge in [-0.25, -0.2) is 0 Å². The minimum Gasteiger partial charge on any atom is -0.389 e. The molecule has 2 unspecified atom stereocenters. The lowest BCUT2D eigenvalue weighted by Gasteiger charge is -2.39. The van der Waals surface area contributed by atoms with E-state index in [2.05, 4.69) is 4.90 Å². The van der Waals surface area contributed by atoms with Gasteiger partial charge in [-0.15, -0.1) is 0 Å². The van der Waals surface area contributed by atoms with Gasteiger partial charge < -0.3 is 24.1 Å². The second-order valence-electron chi connectivity index (χ2n) is 5.70.